The summed E-state index contributed by atoms with van der Waals surface area (Å²) >= 11 is 7.34. The fourth-order valence-corrected chi connectivity index (χ4v) is 7.73. The lowest BCUT2D eigenvalue weighted by atomic mass is 9.75. The van der Waals surface area contributed by atoms with Gasteiger partial charge in [-0.25, -0.2) is 4.79 Å². The zero-order chi connectivity index (χ0) is 33.3. The van der Waals surface area contributed by atoms with Crippen molar-refractivity contribution in [2.75, 3.05) is 26.2 Å². The number of phenols is 1. The van der Waals surface area contributed by atoms with E-state index < -0.39 is 5.60 Å². The lowest BCUT2D eigenvalue weighted by Gasteiger charge is -2.38. The molecule has 1 aromatic carbocycles. The van der Waals surface area contributed by atoms with Crippen molar-refractivity contribution in [1.29, 1.82) is 0 Å². The van der Waals surface area contributed by atoms with Gasteiger partial charge in [0.2, 0.25) is 5.91 Å². The first-order chi connectivity index (χ1) is 21.5. The van der Waals surface area contributed by atoms with E-state index in [1.165, 1.54) is 22.4 Å². The fourth-order valence-electron chi connectivity index (χ4n) is 6.70. The second-order valence-electron chi connectivity index (χ2n) is 12.9. The number of phenolic OH excluding ortho intramolecular Hbond substituents is 1. The van der Waals surface area contributed by atoms with E-state index in [0.29, 0.717) is 37.1 Å². The number of aromatic nitrogens is 1. The number of ether oxygens (including phenoxy) is 1. The van der Waals surface area contributed by atoms with Gasteiger partial charge in [-0.05, 0) is 128 Å². The maximum atomic E-state index is 13.3. The summed E-state index contributed by atoms with van der Waals surface area (Å²) in [5.41, 5.74) is 4.41. The number of aryl methyl sites for hydroxylation is 2. The highest BCUT2D eigenvalue weighted by molar-refractivity contribution is 9.10. The molecule has 0 spiro atoms. The summed E-state index contributed by atoms with van der Waals surface area (Å²) in [6.07, 6.45) is 8.41. The third-order valence-corrected chi connectivity index (χ3v) is 10.0. The number of piperidine rings is 2. The molecule has 1 aliphatic carbocycles. The van der Waals surface area contributed by atoms with E-state index in [0.717, 1.165) is 67.0 Å². The monoisotopic (exact) mass is 749 g/mol. The van der Waals surface area contributed by atoms with Gasteiger partial charge in [0.15, 0.2) is 0 Å². The highest BCUT2D eigenvalue weighted by atomic mass is 79.9. The number of fused-ring (bicyclic) bond motifs is 2. The molecule has 250 valence electrons. The van der Waals surface area contributed by atoms with Crippen LogP contribution in [0.15, 0.2) is 33.3 Å². The Bertz CT molecular complexity index is 1280. The molecule has 2 aromatic rings. The Hall–Kier alpha value is -2.13. The highest BCUT2D eigenvalue weighted by Gasteiger charge is 2.35. The maximum absolute atomic E-state index is 13.3. The summed E-state index contributed by atoms with van der Waals surface area (Å²) in [5, 5.41) is 10.3. The van der Waals surface area contributed by atoms with Crippen LogP contribution < -0.4 is 0 Å². The van der Waals surface area contributed by atoms with Crippen LogP contribution in [-0.4, -0.2) is 63.7 Å². The first-order valence-corrected chi connectivity index (χ1v) is 18.5. The number of hydrogen-bond donors (Lipinski definition) is 1. The summed E-state index contributed by atoms with van der Waals surface area (Å²) in [7, 11) is 0. The molecule has 2 amide bonds. The zero-order valence-corrected chi connectivity index (χ0v) is 31.5. The number of nitrogens with zero attached hydrogens (tertiary/aromatic N) is 3. The standard InChI is InChI=1S/C32H41Br2N3O4.2C2H6/c1-32(2,3)41-31(40)37-10-6-20(7-11-37)14-29(39)36-12-8-21(9-13-36)27-18-26-22(16-25(38)17-28(26)34)4-5-23-15-24(33)19-35-30(23)27;2*1-2/h15-17,19-21,27,38H,4-14,18H2,1-3H3;2*1-2H3. The Morgan fingerprint density at radius 1 is 0.911 bits per heavy atom. The number of carbonyl (C=O) groups is 2. The van der Waals surface area contributed by atoms with Gasteiger partial charge in [-0.3, -0.25) is 9.78 Å². The van der Waals surface area contributed by atoms with Gasteiger partial charge < -0.3 is 19.6 Å². The summed E-state index contributed by atoms with van der Waals surface area (Å²) in [6, 6.07) is 5.91. The summed E-state index contributed by atoms with van der Waals surface area (Å²) in [4.78, 5) is 34.5. The van der Waals surface area contributed by atoms with Crippen molar-refractivity contribution in [3.63, 3.8) is 0 Å². The quantitative estimate of drug-likeness (QED) is 0.339. The molecule has 0 saturated carbocycles. The molecule has 7 nitrogen and oxygen atoms in total. The largest absolute Gasteiger partial charge is 0.508 e. The minimum absolute atomic E-state index is 0.239. The van der Waals surface area contributed by atoms with Gasteiger partial charge in [0, 0.05) is 59.4 Å². The van der Waals surface area contributed by atoms with Gasteiger partial charge in [0.25, 0.3) is 0 Å². The molecule has 1 atom stereocenters. The van der Waals surface area contributed by atoms with E-state index in [4.69, 9.17) is 9.72 Å². The Morgan fingerprint density at radius 2 is 1.51 bits per heavy atom. The number of rotatable bonds is 3. The van der Waals surface area contributed by atoms with Crippen molar-refractivity contribution in [1.82, 2.24) is 14.8 Å². The summed E-state index contributed by atoms with van der Waals surface area (Å²) in [6.45, 7) is 16.5. The molecule has 3 aliphatic rings. The number of aromatic hydroxyl groups is 1. The van der Waals surface area contributed by atoms with E-state index in [-0.39, 0.29) is 17.9 Å². The van der Waals surface area contributed by atoms with Crippen molar-refractivity contribution >= 4 is 43.9 Å². The second-order valence-corrected chi connectivity index (χ2v) is 14.7. The predicted molar refractivity (Wildman–Crippen MR) is 189 cm³/mol. The fraction of sp³-hybridized carbons (Fsp3) is 0.639. The van der Waals surface area contributed by atoms with Crippen LogP contribution >= 0.6 is 31.9 Å². The molecule has 1 N–H and O–H groups in total. The molecule has 0 radical (unpaired) electrons. The SMILES string of the molecule is CC.CC.CC(C)(C)OC(=O)N1CCC(CC(=O)N2CCC(C3Cc4c(Br)cc(O)cc4CCc4cc(Br)cnc43)CC2)CC1. The van der Waals surface area contributed by atoms with Crippen LogP contribution in [0.3, 0.4) is 0 Å². The molecule has 2 fully saturated rings. The van der Waals surface area contributed by atoms with Crippen molar-refractivity contribution in [3.8, 4) is 5.75 Å². The molecular weight excluding hydrogens is 698 g/mol. The molecule has 2 saturated heterocycles. The van der Waals surface area contributed by atoms with Gasteiger partial charge in [-0.15, -0.1) is 0 Å². The molecule has 0 bridgehead atoms. The van der Waals surface area contributed by atoms with E-state index in [1.807, 2.05) is 60.7 Å². The molecule has 45 heavy (non-hydrogen) atoms. The Balaban J connectivity index is 0.00000133. The lowest BCUT2D eigenvalue weighted by Crippen LogP contribution is -2.44. The number of benzene rings is 1. The van der Waals surface area contributed by atoms with Crippen molar-refractivity contribution in [2.45, 2.75) is 111 Å². The molecule has 1 aromatic heterocycles. The second kappa shape index (κ2) is 17.1. The summed E-state index contributed by atoms with van der Waals surface area (Å²) < 4.78 is 7.47. The Morgan fingerprint density at radius 3 is 2.13 bits per heavy atom. The van der Waals surface area contributed by atoms with Crippen LogP contribution in [0.1, 0.15) is 109 Å². The molecule has 5 rings (SSSR count). The number of carbonyl (C=O) groups excluding carboxylic acids is 2. The Kier molecular flexibility index (Phi) is 14.2. The van der Waals surface area contributed by atoms with Gasteiger partial charge >= 0.3 is 6.09 Å². The average Bonchev–Trinajstić information content (AvgIpc) is 3.00. The predicted octanol–water partition coefficient (Wildman–Crippen LogP) is 9.07. The third kappa shape index (κ3) is 10.2. The number of pyridine rings is 1. The first-order valence-electron chi connectivity index (χ1n) is 16.9. The zero-order valence-electron chi connectivity index (χ0n) is 28.3. The highest BCUT2D eigenvalue weighted by Crippen LogP contribution is 2.42. The topological polar surface area (TPSA) is 83.0 Å². The van der Waals surface area contributed by atoms with Gasteiger partial charge in [-0.1, -0.05) is 43.6 Å². The van der Waals surface area contributed by atoms with E-state index >= 15 is 0 Å². The number of halogens is 2. The smallest absolute Gasteiger partial charge is 0.410 e. The van der Waals surface area contributed by atoms with E-state index in [1.54, 1.807) is 11.0 Å². The van der Waals surface area contributed by atoms with Gasteiger partial charge in [0.05, 0.1) is 0 Å². The van der Waals surface area contributed by atoms with Crippen molar-refractivity contribution in [2.24, 2.45) is 11.8 Å². The first kappa shape index (κ1) is 37.3. The van der Waals surface area contributed by atoms with E-state index in [2.05, 4.69) is 42.8 Å². The van der Waals surface area contributed by atoms with Crippen LogP contribution in [0.25, 0.3) is 0 Å². The third-order valence-electron chi connectivity index (χ3n) is 8.87. The maximum Gasteiger partial charge on any atom is 0.410 e. The average molecular weight is 752 g/mol. The normalized spacial score (nSPS) is 19.0. The number of likely N-dealkylation sites (tertiary alicyclic amines) is 2. The Labute approximate surface area is 287 Å². The van der Waals surface area contributed by atoms with Crippen LogP contribution in [0.5, 0.6) is 5.75 Å². The minimum atomic E-state index is -0.496. The van der Waals surface area contributed by atoms with Crippen LogP contribution in [-0.2, 0) is 28.8 Å². The van der Waals surface area contributed by atoms with Crippen molar-refractivity contribution < 1.29 is 19.4 Å². The number of amides is 2. The number of hydrogen-bond acceptors (Lipinski definition) is 5. The van der Waals surface area contributed by atoms with Crippen molar-refractivity contribution in [3.05, 3.63) is 55.7 Å². The van der Waals surface area contributed by atoms with E-state index in [9.17, 15) is 14.7 Å². The molecule has 9 heteroatoms. The van der Waals surface area contributed by atoms with Crippen LogP contribution in [0.4, 0.5) is 4.79 Å². The van der Waals surface area contributed by atoms with Crippen LogP contribution in [0, 0.1) is 11.8 Å². The minimum Gasteiger partial charge on any atom is -0.508 e. The summed E-state index contributed by atoms with van der Waals surface area (Å²) in [5.74, 6) is 1.53. The molecule has 3 heterocycles. The molecule has 2 aliphatic heterocycles. The van der Waals surface area contributed by atoms with Crippen LogP contribution in [0.2, 0.25) is 0 Å². The van der Waals surface area contributed by atoms with Gasteiger partial charge in [-0.2, -0.15) is 0 Å². The molecule has 1 unspecified atom stereocenters. The lowest BCUT2D eigenvalue weighted by molar-refractivity contribution is -0.134. The molecular formula is C36H53Br2N3O4. The van der Waals surface area contributed by atoms with Gasteiger partial charge in [0.1, 0.15) is 11.4 Å².